The van der Waals surface area contributed by atoms with Crippen molar-refractivity contribution in [3.8, 4) is 5.75 Å². The number of benzene rings is 2. The first-order valence-corrected chi connectivity index (χ1v) is 9.58. The monoisotopic (exact) mass is 414 g/mol. The van der Waals surface area contributed by atoms with Gasteiger partial charge in [0.1, 0.15) is 18.1 Å². The summed E-state index contributed by atoms with van der Waals surface area (Å²) in [6.45, 7) is -0.695. The number of nitrogens with zero attached hydrogens (tertiary/aromatic N) is 1. The first-order chi connectivity index (χ1) is 14.5. The second kappa shape index (κ2) is 9.87. The van der Waals surface area contributed by atoms with E-state index in [1.54, 1.807) is 42.5 Å². The first kappa shape index (κ1) is 21.3. The van der Waals surface area contributed by atoms with Gasteiger partial charge in [-0.3, -0.25) is 14.4 Å². The van der Waals surface area contributed by atoms with Gasteiger partial charge in [0.2, 0.25) is 0 Å². The lowest BCUT2D eigenvalue weighted by molar-refractivity contribution is -0.151. The molecule has 0 unspecified atom stereocenters. The highest BCUT2D eigenvalue weighted by atomic mass is 19.1. The zero-order chi connectivity index (χ0) is 21.5. The third-order valence-corrected chi connectivity index (χ3v) is 4.71. The summed E-state index contributed by atoms with van der Waals surface area (Å²) < 4.78 is 23.9. The number of amides is 2. The molecule has 158 valence electrons. The van der Waals surface area contributed by atoms with Gasteiger partial charge in [-0.1, -0.05) is 18.2 Å². The summed E-state index contributed by atoms with van der Waals surface area (Å²) in [5, 5.41) is 2.44. The minimum atomic E-state index is -0.730. The van der Waals surface area contributed by atoms with Crippen LogP contribution in [0.1, 0.15) is 28.8 Å². The van der Waals surface area contributed by atoms with E-state index in [2.05, 4.69) is 5.32 Å². The number of hydrogen-bond donors (Lipinski definition) is 1. The van der Waals surface area contributed by atoms with E-state index in [4.69, 9.17) is 9.47 Å². The Morgan fingerprint density at radius 3 is 2.43 bits per heavy atom. The molecule has 30 heavy (non-hydrogen) atoms. The summed E-state index contributed by atoms with van der Waals surface area (Å²) in [5.41, 5.74) is 0.778. The van der Waals surface area contributed by atoms with E-state index < -0.39 is 24.4 Å². The minimum Gasteiger partial charge on any atom is -0.497 e. The van der Waals surface area contributed by atoms with Crippen molar-refractivity contribution in [3.05, 3.63) is 65.5 Å². The molecule has 3 rings (SSSR count). The van der Waals surface area contributed by atoms with Crippen LogP contribution in [-0.4, -0.2) is 49.0 Å². The predicted molar refractivity (Wildman–Crippen MR) is 106 cm³/mol. The fourth-order valence-electron chi connectivity index (χ4n) is 2.89. The zero-order valence-corrected chi connectivity index (χ0v) is 16.6. The molecule has 0 bridgehead atoms. The molecule has 0 atom stereocenters. The Morgan fingerprint density at radius 1 is 1.10 bits per heavy atom. The van der Waals surface area contributed by atoms with Gasteiger partial charge in [-0.2, -0.15) is 0 Å². The zero-order valence-electron chi connectivity index (χ0n) is 16.6. The number of halogens is 1. The molecule has 0 aromatic heterocycles. The maximum atomic E-state index is 13.9. The SMILES string of the molecule is COc1ccc(C(=O)NCC(=O)OCC(=O)N(Cc2ccccc2F)C2CC2)cc1. The van der Waals surface area contributed by atoms with Crippen molar-refractivity contribution in [3.63, 3.8) is 0 Å². The summed E-state index contributed by atoms with van der Waals surface area (Å²) in [7, 11) is 1.52. The molecule has 1 N–H and O–H groups in total. The molecule has 0 spiro atoms. The van der Waals surface area contributed by atoms with Crippen molar-refractivity contribution in [1.82, 2.24) is 10.2 Å². The molecule has 2 aromatic rings. The third kappa shape index (κ3) is 5.79. The van der Waals surface area contributed by atoms with Gasteiger partial charge in [-0.15, -0.1) is 0 Å². The predicted octanol–water partition coefficient (Wildman–Crippen LogP) is 2.30. The van der Waals surface area contributed by atoms with Gasteiger partial charge >= 0.3 is 5.97 Å². The lowest BCUT2D eigenvalue weighted by Gasteiger charge is -2.22. The number of rotatable bonds is 9. The number of methoxy groups -OCH3 is 1. The molecule has 1 fully saturated rings. The van der Waals surface area contributed by atoms with E-state index >= 15 is 0 Å². The number of carbonyl (C=O) groups is 3. The second-order valence-electron chi connectivity index (χ2n) is 6.92. The Labute approximate surface area is 173 Å². The van der Waals surface area contributed by atoms with Crippen LogP contribution in [0.4, 0.5) is 4.39 Å². The number of nitrogens with one attached hydrogen (secondary N) is 1. The number of hydrogen-bond acceptors (Lipinski definition) is 5. The molecule has 0 heterocycles. The third-order valence-electron chi connectivity index (χ3n) is 4.71. The van der Waals surface area contributed by atoms with Gasteiger partial charge in [0, 0.05) is 23.7 Å². The van der Waals surface area contributed by atoms with E-state index in [9.17, 15) is 18.8 Å². The Hall–Kier alpha value is -3.42. The molecule has 8 heteroatoms. The van der Waals surface area contributed by atoms with E-state index in [1.807, 2.05) is 0 Å². The maximum absolute atomic E-state index is 13.9. The average Bonchev–Trinajstić information content (AvgIpc) is 3.60. The lowest BCUT2D eigenvalue weighted by atomic mass is 10.2. The normalized spacial score (nSPS) is 12.7. The minimum absolute atomic E-state index is 0.0329. The van der Waals surface area contributed by atoms with Crippen molar-refractivity contribution in [2.24, 2.45) is 0 Å². The molecule has 1 saturated carbocycles. The van der Waals surface area contributed by atoms with Gasteiger partial charge in [-0.25, -0.2) is 4.39 Å². The van der Waals surface area contributed by atoms with Crippen LogP contribution in [-0.2, 0) is 20.9 Å². The molecule has 2 aromatic carbocycles. The van der Waals surface area contributed by atoms with Crippen molar-refractivity contribution in [2.45, 2.75) is 25.4 Å². The maximum Gasteiger partial charge on any atom is 0.325 e. The van der Waals surface area contributed by atoms with Crippen LogP contribution in [0.25, 0.3) is 0 Å². The Bertz CT molecular complexity index is 912. The summed E-state index contributed by atoms with van der Waals surface area (Å²) >= 11 is 0. The number of carbonyl (C=O) groups excluding carboxylic acids is 3. The quantitative estimate of drug-likeness (QED) is 0.637. The van der Waals surface area contributed by atoms with Gasteiger partial charge in [0.05, 0.1) is 7.11 Å². The molecule has 7 nitrogen and oxygen atoms in total. The standard InChI is InChI=1S/C22H23FN2O5/c1-29-18-10-6-15(7-11-18)22(28)24-12-21(27)30-14-20(26)25(17-8-9-17)13-16-4-2-3-5-19(16)23/h2-7,10-11,17H,8-9,12-14H2,1H3,(H,24,28). The molecule has 0 radical (unpaired) electrons. The van der Waals surface area contributed by atoms with Crippen LogP contribution in [0.15, 0.2) is 48.5 Å². The Balaban J connectivity index is 1.46. The fraction of sp³-hybridized carbons (Fsp3) is 0.318. The smallest absolute Gasteiger partial charge is 0.325 e. The molecular formula is C22H23FN2O5. The van der Waals surface area contributed by atoms with Crippen LogP contribution in [0.2, 0.25) is 0 Å². The van der Waals surface area contributed by atoms with Crippen LogP contribution < -0.4 is 10.1 Å². The van der Waals surface area contributed by atoms with Gasteiger partial charge < -0.3 is 19.7 Å². The number of esters is 1. The Morgan fingerprint density at radius 2 is 1.80 bits per heavy atom. The molecule has 1 aliphatic rings. The fourth-order valence-corrected chi connectivity index (χ4v) is 2.89. The van der Waals surface area contributed by atoms with Crippen molar-refractivity contribution < 1.29 is 28.2 Å². The van der Waals surface area contributed by atoms with E-state index in [0.29, 0.717) is 16.9 Å². The largest absolute Gasteiger partial charge is 0.497 e. The van der Waals surface area contributed by atoms with Crippen LogP contribution in [0.3, 0.4) is 0 Å². The summed E-state index contributed by atoms with van der Waals surface area (Å²) in [6, 6.07) is 12.7. The number of ether oxygens (including phenoxy) is 2. The van der Waals surface area contributed by atoms with Crippen LogP contribution in [0.5, 0.6) is 5.75 Å². The van der Waals surface area contributed by atoms with Gasteiger partial charge in [0.15, 0.2) is 6.61 Å². The first-order valence-electron chi connectivity index (χ1n) is 9.58. The Kier molecular flexibility index (Phi) is 7.00. The summed E-state index contributed by atoms with van der Waals surface area (Å²) in [6.07, 6.45) is 1.68. The molecular weight excluding hydrogens is 391 g/mol. The average molecular weight is 414 g/mol. The van der Waals surface area contributed by atoms with Crippen LogP contribution >= 0.6 is 0 Å². The van der Waals surface area contributed by atoms with Crippen LogP contribution in [0, 0.1) is 5.82 Å². The highest BCUT2D eigenvalue weighted by Crippen LogP contribution is 2.29. The molecule has 1 aliphatic carbocycles. The van der Waals surface area contributed by atoms with Gasteiger partial charge in [0.25, 0.3) is 11.8 Å². The second-order valence-corrected chi connectivity index (χ2v) is 6.92. The van der Waals surface area contributed by atoms with E-state index in [-0.39, 0.29) is 24.9 Å². The molecule has 2 amide bonds. The highest BCUT2D eigenvalue weighted by molar-refractivity contribution is 5.96. The summed E-state index contributed by atoms with van der Waals surface area (Å²) in [4.78, 5) is 38.0. The van der Waals surface area contributed by atoms with Crippen molar-refractivity contribution in [1.29, 1.82) is 0 Å². The topological polar surface area (TPSA) is 84.9 Å². The van der Waals surface area contributed by atoms with E-state index in [1.165, 1.54) is 18.1 Å². The molecule has 0 saturated heterocycles. The van der Waals surface area contributed by atoms with Gasteiger partial charge in [-0.05, 0) is 43.2 Å². The highest BCUT2D eigenvalue weighted by Gasteiger charge is 2.33. The van der Waals surface area contributed by atoms with E-state index in [0.717, 1.165) is 12.8 Å². The summed E-state index contributed by atoms with van der Waals surface area (Å²) in [5.74, 6) is -1.34. The lowest BCUT2D eigenvalue weighted by Crippen LogP contribution is -2.37. The molecule has 0 aliphatic heterocycles. The van der Waals surface area contributed by atoms with Crippen molar-refractivity contribution in [2.75, 3.05) is 20.3 Å². The van der Waals surface area contributed by atoms with Crippen molar-refractivity contribution >= 4 is 17.8 Å².